The number of nitrogens with one attached hydrogen (secondary N) is 3. The highest BCUT2D eigenvalue weighted by molar-refractivity contribution is 7.92. The van der Waals surface area contributed by atoms with Crippen molar-refractivity contribution in [1.29, 1.82) is 0 Å². The number of anilines is 3. The lowest BCUT2D eigenvalue weighted by molar-refractivity contribution is 0.601. The molecule has 0 spiro atoms. The monoisotopic (exact) mass is 449 g/mol. The van der Waals surface area contributed by atoms with Crippen LogP contribution in [0.15, 0.2) is 71.6 Å². The second-order valence-corrected chi connectivity index (χ2v) is 8.68. The first-order chi connectivity index (χ1) is 13.7. The highest BCUT2D eigenvalue weighted by Crippen LogP contribution is 2.24. The first-order valence-corrected chi connectivity index (χ1v) is 10.7. The lowest BCUT2D eigenvalue weighted by Crippen LogP contribution is -2.21. The molecule has 0 bridgehead atoms. The standard InChI is InChI=1S/C20H17ClFN3O2S2/c1-13-6-11-16(29(26,27)25-15-9-7-14(21)8-10-15)12-19(13)24-20(28)23-18-5-3-2-4-17(18)22/h2-12,25H,1H3,(H2,23,24,28). The topological polar surface area (TPSA) is 70.2 Å². The third kappa shape index (κ3) is 5.44. The van der Waals surface area contributed by atoms with Crippen LogP contribution in [-0.4, -0.2) is 13.5 Å². The van der Waals surface area contributed by atoms with Crippen LogP contribution >= 0.6 is 23.8 Å². The predicted octanol–water partition coefficient (Wildman–Crippen LogP) is 5.40. The summed E-state index contributed by atoms with van der Waals surface area (Å²) in [5.74, 6) is -0.447. The molecule has 3 rings (SSSR count). The minimum absolute atomic E-state index is 0.0502. The Kier molecular flexibility index (Phi) is 6.36. The summed E-state index contributed by atoms with van der Waals surface area (Å²) in [5, 5.41) is 6.31. The highest BCUT2D eigenvalue weighted by atomic mass is 35.5. The van der Waals surface area contributed by atoms with Gasteiger partial charge >= 0.3 is 0 Å². The third-order valence-corrected chi connectivity index (χ3v) is 5.82. The van der Waals surface area contributed by atoms with E-state index >= 15 is 0 Å². The van der Waals surface area contributed by atoms with Crippen LogP contribution in [0.4, 0.5) is 21.5 Å². The zero-order chi connectivity index (χ0) is 21.0. The molecule has 0 aliphatic carbocycles. The van der Waals surface area contributed by atoms with Crippen molar-refractivity contribution in [2.24, 2.45) is 0 Å². The summed E-state index contributed by atoms with van der Waals surface area (Å²) in [6, 6.07) is 17.0. The van der Waals surface area contributed by atoms with Crippen molar-refractivity contribution in [2.45, 2.75) is 11.8 Å². The Balaban J connectivity index is 1.79. The molecular weight excluding hydrogens is 433 g/mol. The van der Waals surface area contributed by atoms with Crippen molar-refractivity contribution in [2.75, 3.05) is 15.4 Å². The smallest absolute Gasteiger partial charge is 0.261 e. The van der Waals surface area contributed by atoms with Crippen LogP contribution in [0.2, 0.25) is 5.02 Å². The Bertz CT molecular complexity index is 1150. The minimum atomic E-state index is -3.82. The average molecular weight is 450 g/mol. The summed E-state index contributed by atoms with van der Waals surface area (Å²) in [5.41, 5.74) is 1.86. The van der Waals surface area contributed by atoms with Crippen LogP contribution in [0.25, 0.3) is 0 Å². The van der Waals surface area contributed by atoms with Gasteiger partial charge in [0.1, 0.15) is 5.82 Å². The molecule has 9 heteroatoms. The Morgan fingerprint density at radius 1 is 0.966 bits per heavy atom. The summed E-state index contributed by atoms with van der Waals surface area (Å²) >= 11 is 11.1. The van der Waals surface area contributed by atoms with E-state index in [-0.39, 0.29) is 15.7 Å². The molecule has 3 aromatic rings. The maximum atomic E-state index is 13.8. The van der Waals surface area contributed by atoms with Crippen molar-refractivity contribution in [3.8, 4) is 0 Å². The summed E-state index contributed by atoms with van der Waals surface area (Å²) in [4.78, 5) is 0.0502. The zero-order valence-electron chi connectivity index (χ0n) is 15.2. The van der Waals surface area contributed by atoms with Crippen LogP contribution in [-0.2, 0) is 10.0 Å². The van der Waals surface area contributed by atoms with Crippen molar-refractivity contribution in [3.05, 3.63) is 83.1 Å². The van der Waals surface area contributed by atoms with Crippen molar-refractivity contribution in [3.63, 3.8) is 0 Å². The van der Waals surface area contributed by atoms with Gasteiger partial charge < -0.3 is 10.6 Å². The second-order valence-electron chi connectivity index (χ2n) is 6.15. The molecule has 3 N–H and O–H groups in total. The van der Waals surface area contributed by atoms with E-state index in [1.807, 2.05) is 0 Å². The number of thiocarbonyl (C=S) groups is 1. The summed E-state index contributed by atoms with van der Waals surface area (Å²) in [6.45, 7) is 1.80. The molecule has 0 heterocycles. The summed E-state index contributed by atoms with van der Waals surface area (Å²) in [7, 11) is -3.82. The van der Waals surface area contributed by atoms with Crippen LogP contribution in [0, 0.1) is 12.7 Å². The number of aryl methyl sites for hydroxylation is 1. The molecule has 0 aromatic heterocycles. The van der Waals surface area contributed by atoms with E-state index in [0.29, 0.717) is 16.4 Å². The van der Waals surface area contributed by atoms with Gasteiger partial charge in [-0.05, 0) is 73.2 Å². The van der Waals surface area contributed by atoms with Crippen LogP contribution in [0.1, 0.15) is 5.56 Å². The highest BCUT2D eigenvalue weighted by Gasteiger charge is 2.16. The predicted molar refractivity (Wildman–Crippen MR) is 120 cm³/mol. The van der Waals surface area contributed by atoms with Gasteiger partial charge in [-0.2, -0.15) is 0 Å². The van der Waals surface area contributed by atoms with E-state index in [1.54, 1.807) is 55.5 Å². The van der Waals surface area contributed by atoms with Crippen molar-refractivity contribution < 1.29 is 12.8 Å². The van der Waals surface area contributed by atoms with Gasteiger partial charge in [-0.3, -0.25) is 4.72 Å². The maximum absolute atomic E-state index is 13.8. The van der Waals surface area contributed by atoms with Gasteiger partial charge in [-0.25, -0.2) is 12.8 Å². The first-order valence-electron chi connectivity index (χ1n) is 8.46. The fraction of sp³-hybridized carbons (Fsp3) is 0.0500. The zero-order valence-corrected chi connectivity index (χ0v) is 17.6. The molecule has 0 radical (unpaired) electrons. The molecule has 150 valence electrons. The Hall–Kier alpha value is -2.68. The third-order valence-electron chi connectivity index (χ3n) is 3.99. The summed E-state index contributed by atoms with van der Waals surface area (Å²) < 4.78 is 41.7. The van der Waals surface area contributed by atoms with Gasteiger partial charge in [0, 0.05) is 16.4 Å². The molecule has 0 fully saturated rings. The number of sulfonamides is 1. The molecule has 3 aromatic carbocycles. The van der Waals surface area contributed by atoms with E-state index < -0.39 is 15.8 Å². The van der Waals surface area contributed by atoms with Crippen LogP contribution in [0.3, 0.4) is 0 Å². The number of benzene rings is 3. The number of rotatable bonds is 5. The van der Waals surface area contributed by atoms with Crippen molar-refractivity contribution >= 4 is 56.0 Å². The average Bonchev–Trinajstić information content (AvgIpc) is 2.67. The van der Waals surface area contributed by atoms with E-state index in [4.69, 9.17) is 23.8 Å². The van der Waals surface area contributed by atoms with Gasteiger partial charge in [0.25, 0.3) is 10.0 Å². The quantitative estimate of drug-likeness (QED) is 0.455. The fourth-order valence-corrected chi connectivity index (χ4v) is 3.90. The number of para-hydroxylation sites is 1. The molecule has 0 saturated carbocycles. The Labute approximate surface area is 179 Å². The van der Waals surface area contributed by atoms with Gasteiger partial charge in [0.2, 0.25) is 0 Å². The molecule has 5 nitrogen and oxygen atoms in total. The van der Waals surface area contributed by atoms with E-state index in [2.05, 4.69) is 15.4 Å². The second kappa shape index (κ2) is 8.77. The Morgan fingerprint density at radius 3 is 2.31 bits per heavy atom. The molecular formula is C20H17ClFN3O2S2. The minimum Gasteiger partial charge on any atom is -0.332 e. The molecule has 0 atom stereocenters. The van der Waals surface area contributed by atoms with E-state index in [0.717, 1.165) is 5.56 Å². The van der Waals surface area contributed by atoms with Crippen LogP contribution < -0.4 is 15.4 Å². The fourth-order valence-electron chi connectivity index (χ4n) is 2.47. The molecule has 0 aliphatic heterocycles. The van der Waals surface area contributed by atoms with Gasteiger partial charge in [-0.1, -0.05) is 29.8 Å². The number of hydrogen-bond acceptors (Lipinski definition) is 3. The molecule has 0 saturated heterocycles. The van der Waals surface area contributed by atoms with Gasteiger partial charge in [-0.15, -0.1) is 0 Å². The lowest BCUT2D eigenvalue weighted by Gasteiger charge is -2.15. The van der Waals surface area contributed by atoms with E-state index in [9.17, 15) is 12.8 Å². The molecule has 29 heavy (non-hydrogen) atoms. The van der Waals surface area contributed by atoms with Crippen LogP contribution in [0.5, 0.6) is 0 Å². The van der Waals surface area contributed by atoms with Gasteiger partial charge in [0.15, 0.2) is 5.11 Å². The normalized spacial score (nSPS) is 11.0. The lowest BCUT2D eigenvalue weighted by atomic mass is 10.2. The van der Waals surface area contributed by atoms with E-state index in [1.165, 1.54) is 18.2 Å². The summed E-state index contributed by atoms with van der Waals surface area (Å²) in [6.07, 6.45) is 0. The molecule has 0 amide bonds. The number of halogens is 2. The number of hydrogen-bond donors (Lipinski definition) is 3. The Morgan fingerprint density at radius 2 is 1.62 bits per heavy atom. The van der Waals surface area contributed by atoms with Crippen molar-refractivity contribution in [1.82, 2.24) is 0 Å². The molecule has 0 aliphatic rings. The first kappa shape index (κ1) is 21.0. The SMILES string of the molecule is Cc1ccc(S(=O)(=O)Nc2ccc(Cl)cc2)cc1NC(=S)Nc1ccccc1F. The molecule has 0 unspecified atom stereocenters. The van der Waals surface area contributed by atoms with Gasteiger partial charge in [0.05, 0.1) is 10.6 Å². The largest absolute Gasteiger partial charge is 0.332 e. The maximum Gasteiger partial charge on any atom is 0.261 e.